The summed E-state index contributed by atoms with van der Waals surface area (Å²) in [6.45, 7) is 6.54. The Morgan fingerprint density at radius 1 is 1.35 bits per heavy atom. The molecule has 0 fully saturated rings. The van der Waals surface area contributed by atoms with Gasteiger partial charge < -0.3 is 9.42 Å². The van der Waals surface area contributed by atoms with Crippen LogP contribution in [0.2, 0.25) is 0 Å². The van der Waals surface area contributed by atoms with Crippen molar-refractivity contribution in [2.75, 3.05) is 6.54 Å². The smallest absolute Gasteiger partial charge is 0.246 e. The molecule has 0 saturated carbocycles. The van der Waals surface area contributed by atoms with Crippen LogP contribution in [0, 0.1) is 6.92 Å². The zero-order valence-electron chi connectivity index (χ0n) is 15.1. The van der Waals surface area contributed by atoms with Gasteiger partial charge in [-0.05, 0) is 30.2 Å². The number of hydrogen-bond acceptors (Lipinski definition) is 4. The minimum Gasteiger partial charge on any atom is -0.361 e. The molecule has 0 N–H and O–H groups in total. The molecule has 6 heteroatoms. The predicted molar refractivity (Wildman–Crippen MR) is 99.2 cm³/mol. The quantitative estimate of drug-likeness (QED) is 0.614. The number of amides is 1. The molecule has 0 aliphatic heterocycles. The van der Waals surface area contributed by atoms with Crippen LogP contribution in [0.4, 0.5) is 0 Å². The maximum atomic E-state index is 12.2. The van der Waals surface area contributed by atoms with Crippen LogP contribution in [-0.4, -0.2) is 32.3 Å². The Morgan fingerprint density at radius 2 is 2.19 bits per heavy atom. The van der Waals surface area contributed by atoms with Crippen molar-refractivity contribution in [2.24, 2.45) is 7.05 Å². The van der Waals surface area contributed by atoms with Crippen LogP contribution in [0.5, 0.6) is 0 Å². The third kappa shape index (κ3) is 4.27. The first-order valence-corrected chi connectivity index (χ1v) is 8.46. The summed E-state index contributed by atoms with van der Waals surface area (Å²) in [6.07, 6.45) is 5.76. The molecule has 3 rings (SSSR count). The monoisotopic (exact) mass is 350 g/mol. The highest BCUT2D eigenvalue weighted by Crippen LogP contribution is 2.20. The second kappa shape index (κ2) is 7.82. The Bertz CT molecular complexity index is 910. The van der Waals surface area contributed by atoms with Gasteiger partial charge in [-0.25, -0.2) is 0 Å². The third-order valence-electron chi connectivity index (χ3n) is 4.13. The van der Waals surface area contributed by atoms with Crippen molar-refractivity contribution in [3.8, 4) is 11.1 Å². The molecular weight excluding hydrogens is 328 g/mol. The van der Waals surface area contributed by atoms with Crippen LogP contribution in [0.25, 0.3) is 11.1 Å². The molecule has 0 radical (unpaired) electrons. The average molecular weight is 350 g/mol. The van der Waals surface area contributed by atoms with E-state index in [1.807, 2.05) is 50.6 Å². The summed E-state index contributed by atoms with van der Waals surface area (Å²) in [5.74, 6) is 0.668. The Kier molecular flexibility index (Phi) is 5.31. The lowest BCUT2D eigenvalue weighted by Crippen LogP contribution is -2.30. The second-order valence-electron chi connectivity index (χ2n) is 6.25. The van der Waals surface area contributed by atoms with Crippen molar-refractivity contribution < 1.29 is 9.32 Å². The van der Waals surface area contributed by atoms with Gasteiger partial charge in [0.15, 0.2) is 0 Å². The van der Waals surface area contributed by atoms with Crippen molar-refractivity contribution in [3.63, 3.8) is 0 Å². The molecule has 0 bridgehead atoms. The maximum absolute atomic E-state index is 12.2. The summed E-state index contributed by atoms with van der Waals surface area (Å²) in [5, 5.41) is 8.10. The van der Waals surface area contributed by atoms with E-state index >= 15 is 0 Å². The van der Waals surface area contributed by atoms with E-state index in [0.29, 0.717) is 19.5 Å². The summed E-state index contributed by atoms with van der Waals surface area (Å²) in [6, 6.07) is 10.0. The molecule has 0 atom stereocenters. The van der Waals surface area contributed by atoms with E-state index in [4.69, 9.17) is 4.52 Å². The molecule has 0 saturated heterocycles. The van der Waals surface area contributed by atoms with E-state index in [1.54, 1.807) is 9.58 Å². The van der Waals surface area contributed by atoms with Gasteiger partial charge >= 0.3 is 0 Å². The molecule has 26 heavy (non-hydrogen) atoms. The fraction of sp³-hybridized carbons (Fsp3) is 0.250. The summed E-state index contributed by atoms with van der Waals surface area (Å²) in [4.78, 5) is 14.0. The van der Waals surface area contributed by atoms with Gasteiger partial charge in [0.1, 0.15) is 5.76 Å². The zero-order chi connectivity index (χ0) is 18.5. The van der Waals surface area contributed by atoms with Crippen LogP contribution in [0.15, 0.2) is 59.9 Å². The standard InChI is InChI=1S/C20H22N4O2/c1-4-20(25)24(9-8-19-10-15(2)22-26-19)13-16-6-5-7-17(11-16)18-12-21-23(3)14-18/h4-7,10-12,14H,1,8-9,13H2,2-3H3. The van der Waals surface area contributed by atoms with Crippen molar-refractivity contribution in [1.29, 1.82) is 0 Å². The first-order chi connectivity index (χ1) is 12.5. The van der Waals surface area contributed by atoms with Gasteiger partial charge in [-0.15, -0.1) is 0 Å². The maximum Gasteiger partial charge on any atom is 0.246 e. The molecule has 2 aromatic heterocycles. The Hall–Kier alpha value is -3.15. The van der Waals surface area contributed by atoms with E-state index in [9.17, 15) is 4.79 Å². The lowest BCUT2D eigenvalue weighted by Gasteiger charge is -2.21. The number of rotatable bonds is 7. The molecule has 0 aliphatic rings. The minimum atomic E-state index is -0.104. The highest BCUT2D eigenvalue weighted by molar-refractivity contribution is 5.87. The van der Waals surface area contributed by atoms with Crippen molar-refractivity contribution in [2.45, 2.75) is 19.9 Å². The second-order valence-corrected chi connectivity index (χ2v) is 6.25. The molecule has 0 aliphatic carbocycles. The van der Waals surface area contributed by atoms with Gasteiger partial charge in [0.2, 0.25) is 5.91 Å². The molecule has 2 heterocycles. The molecule has 6 nitrogen and oxygen atoms in total. The molecule has 1 amide bonds. The molecule has 0 spiro atoms. The Labute approximate surface area is 152 Å². The lowest BCUT2D eigenvalue weighted by molar-refractivity contribution is -0.126. The number of benzene rings is 1. The topological polar surface area (TPSA) is 64.2 Å². The fourth-order valence-electron chi connectivity index (χ4n) is 2.82. The SMILES string of the molecule is C=CC(=O)N(CCc1cc(C)no1)Cc1cccc(-c2cnn(C)c2)c1. The summed E-state index contributed by atoms with van der Waals surface area (Å²) >= 11 is 0. The predicted octanol–water partition coefficient (Wildman–Crippen LogP) is 3.14. The first-order valence-electron chi connectivity index (χ1n) is 8.46. The number of nitrogens with zero attached hydrogens (tertiary/aromatic N) is 4. The normalized spacial score (nSPS) is 10.7. The van der Waals surface area contributed by atoms with Gasteiger partial charge in [0.05, 0.1) is 11.9 Å². The van der Waals surface area contributed by atoms with Gasteiger partial charge in [-0.3, -0.25) is 9.48 Å². The number of carbonyl (C=O) groups excluding carboxylic acids is 1. The van der Waals surface area contributed by atoms with Crippen LogP contribution < -0.4 is 0 Å². The lowest BCUT2D eigenvalue weighted by atomic mass is 10.1. The third-order valence-corrected chi connectivity index (χ3v) is 4.13. The molecule has 1 aromatic carbocycles. The number of hydrogen-bond donors (Lipinski definition) is 0. The molecule has 134 valence electrons. The molecule has 0 unspecified atom stereocenters. The van der Waals surface area contributed by atoms with Crippen molar-refractivity contribution in [1.82, 2.24) is 19.8 Å². The van der Waals surface area contributed by atoms with Gasteiger partial charge in [-0.2, -0.15) is 5.10 Å². The fourth-order valence-corrected chi connectivity index (χ4v) is 2.82. The Morgan fingerprint density at radius 3 is 2.85 bits per heavy atom. The Balaban J connectivity index is 1.74. The number of carbonyl (C=O) groups is 1. The van der Waals surface area contributed by atoms with Crippen molar-refractivity contribution >= 4 is 5.91 Å². The van der Waals surface area contributed by atoms with Gasteiger partial charge in [-0.1, -0.05) is 29.9 Å². The van der Waals surface area contributed by atoms with Crippen LogP contribution in [0.3, 0.4) is 0 Å². The summed E-state index contributed by atoms with van der Waals surface area (Å²) in [7, 11) is 1.89. The highest BCUT2D eigenvalue weighted by Gasteiger charge is 2.13. The molecular formula is C20H22N4O2. The minimum absolute atomic E-state index is 0.104. The summed E-state index contributed by atoms with van der Waals surface area (Å²) < 4.78 is 7.01. The first kappa shape index (κ1) is 17.7. The highest BCUT2D eigenvalue weighted by atomic mass is 16.5. The summed E-state index contributed by atoms with van der Waals surface area (Å²) in [5.41, 5.74) is 4.02. The van der Waals surface area contributed by atoms with E-state index in [2.05, 4.69) is 22.9 Å². The zero-order valence-corrected chi connectivity index (χ0v) is 15.1. The van der Waals surface area contributed by atoms with E-state index in [-0.39, 0.29) is 5.91 Å². The van der Waals surface area contributed by atoms with Crippen molar-refractivity contribution in [3.05, 3.63) is 72.4 Å². The number of aromatic nitrogens is 3. The van der Waals surface area contributed by atoms with Crippen LogP contribution in [0.1, 0.15) is 17.0 Å². The largest absolute Gasteiger partial charge is 0.361 e. The van der Waals surface area contributed by atoms with E-state index in [1.165, 1.54) is 6.08 Å². The number of aryl methyl sites for hydroxylation is 2. The van der Waals surface area contributed by atoms with E-state index < -0.39 is 0 Å². The van der Waals surface area contributed by atoms with Gasteiger partial charge in [0, 0.05) is 44.4 Å². The van der Waals surface area contributed by atoms with Gasteiger partial charge in [0.25, 0.3) is 0 Å². The van der Waals surface area contributed by atoms with Crippen LogP contribution >= 0.6 is 0 Å². The molecule has 3 aromatic rings. The van der Waals surface area contributed by atoms with E-state index in [0.717, 1.165) is 28.1 Å². The van der Waals surface area contributed by atoms with Crippen LogP contribution in [-0.2, 0) is 24.8 Å². The average Bonchev–Trinajstić information content (AvgIpc) is 3.26.